The van der Waals surface area contributed by atoms with Gasteiger partial charge in [0.15, 0.2) is 0 Å². The number of rotatable bonds is 2. The smallest absolute Gasteiger partial charge is 0.145 e. The van der Waals surface area contributed by atoms with Crippen LogP contribution in [-0.2, 0) is 0 Å². The first-order valence-electron chi connectivity index (χ1n) is 5.73. The van der Waals surface area contributed by atoms with E-state index in [1.54, 1.807) is 12.1 Å². The zero-order chi connectivity index (χ0) is 12.4. The van der Waals surface area contributed by atoms with Crippen LogP contribution < -0.4 is 9.64 Å². The van der Waals surface area contributed by atoms with Crippen molar-refractivity contribution in [3.8, 4) is 11.8 Å². The van der Waals surface area contributed by atoms with Gasteiger partial charge in [-0.2, -0.15) is 5.26 Å². The largest absolute Gasteiger partial charge is 0.489 e. The van der Waals surface area contributed by atoms with E-state index in [0.717, 1.165) is 24.5 Å². The van der Waals surface area contributed by atoms with Crippen LogP contribution in [0.2, 0.25) is 5.02 Å². The number of hydrogen-bond acceptors (Lipinski definition) is 3. The number of fused-ring (bicyclic) bond motifs is 1. The maximum atomic E-state index is 9.18. The summed E-state index contributed by atoms with van der Waals surface area (Å²) >= 11 is 5.96. The quantitative estimate of drug-likeness (QED) is 0.809. The Bertz CT molecular complexity index is 465. The second-order valence-corrected chi connectivity index (χ2v) is 5.04. The van der Waals surface area contributed by atoms with Crippen LogP contribution in [0.5, 0.6) is 5.75 Å². The highest BCUT2D eigenvalue weighted by Crippen LogP contribution is 2.37. The molecule has 90 valence electrons. The summed E-state index contributed by atoms with van der Waals surface area (Å²) in [7, 11) is 0. The predicted octanol–water partition coefficient (Wildman–Crippen LogP) is 3.07. The van der Waals surface area contributed by atoms with E-state index in [9.17, 15) is 5.26 Å². The highest BCUT2D eigenvalue weighted by atomic mass is 35.5. The van der Waals surface area contributed by atoms with Crippen LogP contribution in [0.1, 0.15) is 19.4 Å². The second-order valence-electron chi connectivity index (χ2n) is 4.60. The zero-order valence-electron chi connectivity index (χ0n) is 10.0. The molecule has 0 saturated carbocycles. The average Bonchev–Trinajstić information content (AvgIpc) is 2.27. The van der Waals surface area contributed by atoms with E-state index in [1.165, 1.54) is 0 Å². The SMILES string of the molecule is CC(C)CN1CCOc2cc(Cl)cc(C#N)c21. The molecule has 1 heterocycles. The molecule has 0 aliphatic carbocycles. The van der Waals surface area contributed by atoms with Crippen molar-refractivity contribution >= 4 is 17.3 Å². The molecule has 0 fully saturated rings. The Morgan fingerprint density at radius 2 is 2.29 bits per heavy atom. The summed E-state index contributed by atoms with van der Waals surface area (Å²) in [6, 6.07) is 5.67. The molecule has 0 spiro atoms. The maximum Gasteiger partial charge on any atom is 0.145 e. The normalized spacial score (nSPS) is 14.2. The van der Waals surface area contributed by atoms with Crippen molar-refractivity contribution in [2.75, 3.05) is 24.6 Å². The van der Waals surface area contributed by atoms with Gasteiger partial charge in [-0.05, 0) is 12.0 Å². The molecule has 0 unspecified atom stereocenters. The molecule has 1 aromatic rings. The van der Waals surface area contributed by atoms with Gasteiger partial charge in [0.25, 0.3) is 0 Å². The minimum absolute atomic E-state index is 0.545. The first-order chi connectivity index (χ1) is 8.11. The van der Waals surface area contributed by atoms with Gasteiger partial charge in [-0.3, -0.25) is 0 Å². The molecular formula is C13H15ClN2O. The molecule has 2 rings (SSSR count). The summed E-state index contributed by atoms with van der Waals surface area (Å²) in [5.41, 5.74) is 1.48. The van der Waals surface area contributed by atoms with Crippen molar-refractivity contribution in [1.29, 1.82) is 5.26 Å². The van der Waals surface area contributed by atoms with Crippen LogP contribution >= 0.6 is 11.6 Å². The van der Waals surface area contributed by atoms with Crippen molar-refractivity contribution in [1.82, 2.24) is 0 Å². The van der Waals surface area contributed by atoms with E-state index in [0.29, 0.717) is 23.1 Å². The van der Waals surface area contributed by atoms with E-state index in [4.69, 9.17) is 16.3 Å². The molecule has 1 aromatic carbocycles. The number of halogens is 1. The highest BCUT2D eigenvalue weighted by Gasteiger charge is 2.23. The Balaban J connectivity index is 2.45. The summed E-state index contributed by atoms with van der Waals surface area (Å²) in [4.78, 5) is 2.21. The van der Waals surface area contributed by atoms with Crippen molar-refractivity contribution < 1.29 is 4.74 Å². The number of anilines is 1. The van der Waals surface area contributed by atoms with Crippen molar-refractivity contribution in [3.05, 3.63) is 22.7 Å². The van der Waals surface area contributed by atoms with Crippen LogP contribution in [0.15, 0.2) is 12.1 Å². The van der Waals surface area contributed by atoms with E-state index in [-0.39, 0.29) is 0 Å². The molecule has 1 aliphatic rings. The molecule has 17 heavy (non-hydrogen) atoms. The van der Waals surface area contributed by atoms with Gasteiger partial charge in [0.2, 0.25) is 0 Å². The summed E-state index contributed by atoms with van der Waals surface area (Å²) in [6.45, 7) is 6.72. The summed E-state index contributed by atoms with van der Waals surface area (Å²) in [5, 5.41) is 9.73. The molecule has 0 bridgehead atoms. The summed E-state index contributed by atoms with van der Waals surface area (Å²) < 4.78 is 5.58. The number of nitriles is 1. The number of hydrogen-bond donors (Lipinski definition) is 0. The maximum absolute atomic E-state index is 9.18. The molecule has 4 heteroatoms. The lowest BCUT2D eigenvalue weighted by Crippen LogP contribution is -2.36. The Morgan fingerprint density at radius 1 is 1.53 bits per heavy atom. The Morgan fingerprint density at radius 3 is 2.94 bits per heavy atom. The third-order valence-electron chi connectivity index (χ3n) is 2.68. The fraction of sp³-hybridized carbons (Fsp3) is 0.462. The van der Waals surface area contributed by atoms with Crippen LogP contribution in [0.3, 0.4) is 0 Å². The van der Waals surface area contributed by atoms with E-state index < -0.39 is 0 Å². The minimum atomic E-state index is 0.545. The standard InChI is InChI=1S/C13H15ClN2O/c1-9(2)8-16-3-4-17-12-6-11(14)5-10(7-15)13(12)16/h5-6,9H,3-4,8H2,1-2H3. The lowest BCUT2D eigenvalue weighted by atomic mass is 10.1. The zero-order valence-corrected chi connectivity index (χ0v) is 10.8. The van der Waals surface area contributed by atoms with Crippen LogP contribution in [0.25, 0.3) is 0 Å². The van der Waals surface area contributed by atoms with Gasteiger partial charge < -0.3 is 9.64 Å². The third-order valence-corrected chi connectivity index (χ3v) is 2.90. The summed E-state index contributed by atoms with van der Waals surface area (Å²) in [5.74, 6) is 1.27. The molecular weight excluding hydrogens is 236 g/mol. The lowest BCUT2D eigenvalue weighted by molar-refractivity contribution is 0.304. The lowest BCUT2D eigenvalue weighted by Gasteiger charge is -2.33. The van der Waals surface area contributed by atoms with Gasteiger partial charge in [-0.25, -0.2) is 0 Å². The number of nitrogens with zero attached hydrogens (tertiary/aromatic N) is 2. The molecule has 0 aromatic heterocycles. The van der Waals surface area contributed by atoms with E-state index in [1.807, 2.05) is 0 Å². The van der Waals surface area contributed by atoms with Crippen LogP contribution in [-0.4, -0.2) is 19.7 Å². The van der Waals surface area contributed by atoms with Crippen LogP contribution in [0, 0.1) is 17.2 Å². The van der Waals surface area contributed by atoms with Gasteiger partial charge >= 0.3 is 0 Å². The summed E-state index contributed by atoms with van der Waals surface area (Å²) in [6.07, 6.45) is 0. The van der Waals surface area contributed by atoms with Crippen molar-refractivity contribution in [3.63, 3.8) is 0 Å². The monoisotopic (exact) mass is 250 g/mol. The molecule has 0 atom stereocenters. The van der Waals surface area contributed by atoms with Gasteiger partial charge in [0.1, 0.15) is 18.4 Å². The fourth-order valence-corrected chi connectivity index (χ4v) is 2.30. The second kappa shape index (κ2) is 4.85. The highest BCUT2D eigenvalue weighted by molar-refractivity contribution is 6.31. The van der Waals surface area contributed by atoms with Gasteiger partial charge in [0.05, 0.1) is 17.8 Å². The first-order valence-corrected chi connectivity index (χ1v) is 6.11. The van der Waals surface area contributed by atoms with Gasteiger partial charge in [0, 0.05) is 17.6 Å². The molecule has 0 N–H and O–H groups in total. The minimum Gasteiger partial charge on any atom is -0.489 e. The van der Waals surface area contributed by atoms with Gasteiger partial charge in [-0.1, -0.05) is 25.4 Å². The fourth-order valence-electron chi connectivity index (χ4n) is 2.10. The Hall–Kier alpha value is -1.40. The Kier molecular flexibility index (Phi) is 3.44. The molecule has 1 aliphatic heterocycles. The average molecular weight is 251 g/mol. The molecule has 0 amide bonds. The van der Waals surface area contributed by atoms with Crippen LogP contribution in [0.4, 0.5) is 5.69 Å². The molecule has 0 saturated heterocycles. The number of benzene rings is 1. The predicted molar refractivity (Wildman–Crippen MR) is 68.7 cm³/mol. The van der Waals surface area contributed by atoms with Crippen molar-refractivity contribution in [2.24, 2.45) is 5.92 Å². The first kappa shape index (κ1) is 12.1. The van der Waals surface area contributed by atoms with Gasteiger partial charge in [-0.15, -0.1) is 0 Å². The number of ether oxygens (including phenoxy) is 1. The van der Waals surface area contributed by atoms with E-state index >= 15 is 0 Å². The molecule has 3 nitrogen and oxygen atoms in total. The van der Waals surface area contributed by atoms with Crippen molar-refractivity contribution in [2.45, 2.75) is 13.8 Å². The topological polar surface area (TPSA) is 36.3 Å². The Labute approximate surface area is 107 Å². The third kappa shape index (κ3) is 2.48. The van der Waals surface area contributed by atoms with E-state index in [2.05, 4.69) is 24.8 Å². The molecule has 0 radical (unpaired) electrons.